The van der Waals surface area contributed by atoms with E-state index in [0.717, 1.165) is 11.1 Å². The molecule has 0 saturated carbocycles. The quantitative estimate of drug-likeness (QED) is 0.762. The third kappa shape index (κ3) is 5.92. The lowest BCUT2D eigenvalue weighted by molar-refractivity contribution is -0.115. The van der Waals surface area contributed by atoms with Gasteiger partial charge in [-0.2, -0.15) is 0 Å². The van der Waals surface area contributed by atoms with Gasteiger partial charge in [0.1, 0.15) is 11.0 Å². The minimum Gasteiger partial charge on any atom is -0.325 e. The predicted octanol–water partition coefficient (Wildman–Crippen LogP) is 3.07. The second-order valence-electron chi connectivity index (χ2n) is 6.48. The number of benzene rings is 2. The Balaban J connectivity index is 2.07. The average molecular weight is 388 g/mol. The fourth-order valence-electron chi connectivity index (χ4n) is 2.75. The second kappa shape index (κ2) is 8.81. The number of hydrogen-bond donors (Lipinski definition) is 2. The molecule has 144 valence electrons. The van der Waals surface area contributed by atoms with Gasteiger partial charge in [0.05, 0.1) is 0 Å². The average Bonchev–Trinajstić information content (AvgIpc) is 2.54. The van der Waals surface area contributed by atoms with Gasteiger partial charge >= 0.3 is 0 Å². The Bertz CT molecular complexity index is 939. The van der Waals surface area contributed by atoms with Crippen LogP contribution in [0.1, 0.15) is 24.5 Å². The molecule has 0 fully saturated rings. The van der Waals surface area contributed by atoms with Crippen molar-refractivity contribution in [2.45, 2.75) is 32.4 Å². The second-order valence-corrected chi connectivity index (χ2v) is 8.66. The molecule has 2 rings (SSSR count). The van der Waals surface area contributed by atoms with Crippen molar-refractivity contribution in [1.82, 2.24) is 0 Å². The van der Waals surface area contributed by atoms with Crippen molar-refractivity contribution in [2.24, 2.45) is 0 Å². The fourth-order valence-corrected chi connectivity index (χ4v) is 4.28. The van der Waals surface area contributed by atoms with E-state index in [1.807, 2.05) is 26.0 Å². The highest BCUT2D eigenvalue weighted by atomic mass is 32.2. The van der Waals surface area contributed by atoms with Gasteiger partial charge in [0.25, 0.3) is 0 Å². The van der Waals surface area contributed by atoms with E-state index in [1.54, 1.807) is 43.3 Å². The van der Waals surface area contributed by atoms with E-state index < -0.39 is 32.7 Å². The van der Waals surface area contributed by atoms with Crippen LogP contribution >= 0.6 is 0 Å². The first-order valence-corrected chi connectivity index (χ1v) is 10.4. The molecular weight excluding hydrogens is 364 g/mol. The van der Waals surface area contributed by atoms with Crippen LogP contribution in [0.15, 0.2) is 48.5 Å². The number of carbonyl (C=O) groups is 2. The molecule has 2 aromatic rings. The Hall–Kier alpha value is -2.67. The van der Waals surface area contributed by atoms with Crippen molar-refractivity contribution >= 4 is 33.0 Å². The largest absolute Gasteiger partial charge is 0.325 e. The van der Waals surface area contributed by atoms with Gasteiger partial charge in [-0.1, -0.05) is 31.2 Å². The summed E-state index contributed by atoms with van der Waals surface area (Å²) in [5, 5.41) is 3.89. The van der Waals surface area contributed by atoms with Crippen LogP contribution in [0.4, 0.5) is 11.4 Å². The van der Waals surface area contributed by atoms with Crippen LogP contribution in [0.2, 0.25) is 0 Å². The van der Waals surface area contributed by atoms with Gasteiger partial charge in [-0.15, -0.1) is 0 Å². The van der Waals surface area contributed by atoms with Crippen molar-refractivity contribution < 1.29 is 18.0 Å². The van der Waals surface area contributed by atoms with Crippen molar-refractivity contribution in [1.29, 1.82) is 0 Å². The van der Waals surface area contributed by atoms with Crippen molar-refractivity contribution in [2.75, 3.05) is 16.4 Å². The lowest BCUT2D eigenvalue weighted by Gasteiger charge is -2.16. The van der Waals surface area contributed by atoms with E-state index in [4.69, 9.17) is 0 Å². The Labute approximate surface area is 159 Å². The zero-order valence-electron chi connectivity index (χ0n) is 15.7. The van der Waals surface area contributed by atoms with Crippen molar-refractivity contribution in [3.05, 3.63) is 59.7 Å². The van der Waals surface area contributed by atoms with E-state index >= 15 is 0 Å². The Morgan fingerprint density at radius 2 is 1.44 bits per heavy atom. The molecule has 0 aliphatic heterocycles. The fraction of sp³-hybridized carbons (Fsp3) is 0.300. The molecule has 7 heteroatoms. The van der Waals surface area contributed by atoms with Crippen molar-refractivity contribution in [3.63, 3.8) is 0 Å². The van der Waals surface area contributed by atoms with Crippen LogP contribution in [0.25, 0.3) is 0 Å². The highest BCUT2D eigenvalue weighted by molar-refractivity contribution is 7.93. The number of carbonyl (C=O) groups excluding carboxylic acids is 2. The van der Waals surface area contributed by atoms with Crippen LogP contribution in [0.5, 0.6) is 0 Å². The molecule has 2 aromatic carbocycles. The third-order valence-electron chi connectivity index (χ3n) is 4.02. The van der Waals surface area contributed by atoms with Crippen molar-refractivity contribution in [3.8, 4) is 0 Å². The Morgan fingerprint density at radius 3 is 1.93 bits per heavy atom. The SMILES string of the molecule is CCC(C(=O)Nc1cccc(C)c1)S(=O)(=O)CC(=O)Nc1cccc(C)c1. The van der Waals surface area contributed by atoms with Gasteiger partial charge in [-0.05, 0) is 55.7 Å². The van der Waals surface area contributed by atoms with E-state index in [9.17, 15) is 18.0 Å². The molecule has 0 bridgehead atoms. The number of hydrogen-bond acceptors (Lipinski definition) is 4. The molecule has 0 radical (unpaired) electrons. The van der Waals surface area contributed by atoms with Gasteiger partial charge in [-0.3, -0.25) is 9.59 Å². The summed E-state index contributed by atoms with van der Waals surface area (Å²) < 4.78 is 25.2. The molecule has 27 heavy (non-hydrogen) atoms. The van der Waals surface area contributed by atoms with Crippen LogP contribution in [0, 0.1) is 13.8 Å². The summed E-state index contributed by atoms with van der Waals surface area (Å²) in [6.45, 7) is 5.35. The third-order valence-corrected chi connectivity index (χ3v) is 6.10. The van der Waals surface area contributed by atoms with Gasteiger partial charge in [-0.25, -0.2) is 8.42 Å². The first-order chi connectivity index (χ1) is 12.7. The Morgan fingerprint density at radius 1 is 0.926 bits per heavy atom. The highest BCUT2D eigenvalue weighted by Gasteiger charge is 2.33. The van der Waals surface area contributed by atoms with E-state index in [-0.39, 0.29) is 6.42 Å². The summed E-state index contributed by atoms with van der Waals surface area (Å²) >= 11 is 0. The summed E-state index contributed by atoms with van der Waals surface area (Å²) in [5.41, 5.74) is 2.94. The molecule has 0 aliphatic rings. The molecule has 6 nitrogen and oxygen atoms in total. The van der Waals surface area contributed by atoms with E-state index in [1.165, 1.54) is 0 Å². The molecular formula is C20H24N2O4S. The van der Waals surface area contributed by atoms with Crippen LogP contribution in [0.3, 0.4) is 0 Å². The highest BCUT2D eigenvalue weighted by Crippen LogP contribution is 2.15. The summed E-state index contributed by atoms with van der Waals surface area (Å²) in [6.07, 6.45) is 0.0811. The topological polar surface area (TPSA) is 92.3 Å². The summed E-state index contributed by atoms with van der Waals surface area (Å²) in [5.74, 6) is -2.05. The van der Waals surface area contributed by atoms with Gasteiger partial charge in [0.15, 0.2) is 9.84 Å². The van der Waals surface area contributed by atoms with Crippen LogP contribution < -0.4 is 10.6 Å². The summed E-state index contributed by atoms with van der Waals surface area (Å²) in [7, 11) is -3.96. The normalized spacial score (nSPS) is 12.3. The lowest BCUT2D eigenvalue weighted by atomic mass is 10.2. The summed E-state index contributed by atoms with van der Waals surface area (Å²) in [4.78, 5) is 24.6. The monoisotopic (exact) mass is 388 g/mol. The maximum atomic E-state index is 12.6. The van der Waals surface area contributed by atoms with Gasteiger partial charge < -0.3 is 10.6 Å². The minimum atomic E-state index is -3.96. The molecule has 0 aliphatic carbocycles. The maximum absolute atomic E-state index is 12.6. The molecule has 1 unspecified atom stereocenters. The first-order valence-electron chi connectivity index (χ1n) is 8.67. The molecule has 2 N–H and O–H groups in total. The number of nitrogens with one attached hydrogen (secondary N) is 2. The molecule has 0 heterocycles. The number of aryl methyl sites for hydroxylation is 2. The van der Waals surface area contributed by atoms with Gasteiger partial charge in [0, 0.05) is 11.4 Å². The molecule has 0 spiro atoms. The number of amides is 2. The first kappa shape index (κ1) is 20.6. The zero-order chi connectivity index (χ0) is 20.0. The summed E-state index contributed by atoms with van der Waals surface area (Å²) in [6, 6.07) is 14.1. The predicted molar refractivity (Wildman–Crippen MR) is 107 cm³/mol. The molecule has 0 aromatic heterocycles. The number of rotatable bonds is 7. The minimum absolute atomic E-state index is 0.0811. The molecule has 1 atom stereocenters. The Kier molecular flexibility index (Phi) is 6.74. The number of anilines is 2. The standard InChI is InChI=1S/C20H24N2O4S/c1-4-18(20(24)22-17-10-6-8-15(3)12-17)27(25,26)13-19(23)21-16-9-5-7-14(2)11-16/h5-12,18H,4,13H2,1-3H3,(H,21,23)(H,22,24). The smallest absolute Gasteiger partial charge is 0.242 e. The lowest BCUT2D eigenvalue weighted by Crippen LogP contribution is -2.39. The molecule has 2 amide bonds. The zero-order valence-corrected chi connectivity index (χ0v) is 16.5. The molecule has 0 saturated heterocycles. The van der Waals surface area contributed by atoms with E-state index in [0.29, 0.717) is 11.4 Å². The van der Waals surface area contributed by atoms with Crippen LogP contribution in [-0.2, 0) is 19.4 Å². The number of sulfone groups is 1. The van der Waals surface area contributed by atoms with E-state index in [2.05, 4.69) is 10.6 Å². The van der Waals surface area contributed by atoms with Crippen LogP contribution in [-0.4, -0.2) is 31.2 Å². The van der Waals surface area contributed by atoms with Gasteiger partial charge in [0.2, 0.25) is 11.8 Å². The maximum Gasteiger partial charge on any atom is 0.242 e.